The van der Waals surface area contributed by atoms with Crippen LogP contribution in [0.2, 0.25) is 10.4 Å². The normalized spacial score (nSPS) is 14.2. The highest BCUT2D eigenvalue weighted by Gasteiger charge is 2.20. The first-order chi connectivity index (χ1) is 7.93. The standard InChI is InChI=1S/C10H14Cl2N4O/c1-3-5(2)8(13)9(17)15-7-4-6(11)14-10(12)16-7/h4-5,8H,3,13H2,1-2H3,(H,14,15,16,17)/t5-,8-/m0/s1. The number of amides is 1. The molecule has 2 atom stereocenters. The molecule has 0 bridgehead atoms. The molecular formula is C10H14Cl2N4O. The summed E-state index contributed by atoms with van der Waals surface area (Å²) in [5, 5.41) is 2.70. The lowest BCUT2D eigenvalue weighted by molar-refractivity contribution is -0.118. The van der Waals surface area contributed by atoms with E-state index in [2.05, 4.69) is 15.3 Å². The van der Waals surface area contributed by atoms with E-state index in [-0.39, 0.29) is 28.1 Å². The quantitative estimate of drug-likeness (QED) is 0.652. The van der Waals surface area contributed by atoms with Crippen LogP contribution in [-0.2, 0) is 4.79 Å². The summed E-state index contributed by atoms with van der Waals surface area (Å²) >= 11 is 11.3. The van der Waals surface area contributed by atoms with E-state index in [0.717, 1.165) is 6.42 Å². The summed E-state index contributed by atoms with van der Waals surface area (Å²) in [6.07, 6.45) is 0.819. The molecule has 94 valence electrons. The van der Waals surface area contributed by atoms with Crippen LogP contribution in [0.15, 0.2) is 6.07 Å². The second-order valence-corrected chi connectivity index (χ2v) is 4.47. The Morgan fingerprint density at radius 1 is 1.53 bits per heavy atom. The SMILES string of the molecule is CC[C@H](C)[C@H](N)C(=O)Nc1cc(Cl)nc(Cl)n1. The fraction of sp³-hybridized carbons (Fsp3) is 0.500. The van der Waals surface area contributed by atoms with Crippen molar-refractivity contribution in [1.82, 2.24) is 9.97 Å². The minimum absolute atomic E-state index is 0.0232. The van der Waals surface area contributed by atoms with Gasteiger partial charge >= 0.3 is 0 Å². The molecule has 1 amide bonds. The van der Waals surface area contributed by atoms with E-state index in [4.69, 9.17) is 28.9 Å². The lowest BCUT2D eigenvalue weighted by atomic mass is 9.99. The van der Waals surface area contributed by atoms with Crippen molar-refractivity contribution < 1.29 is 4.79 Å². The third-order valence-electron chi connectivity index (χ3n) is 2.48. The van der Waals surface area contributed by atoms with Crippen LogP contribution in [0, 0.1) is 5.92 Å². The fourth-order valence-electron chi connectivity index (χ4n) is 1.18. The highest BCUT2D eigenvalue weighted by atomic mass is 35.5. The topological polar surface area (TPSA) is 80.9 Å². The van der Waals surface area contributed by atoms with Gasteiger partial charge in [-0.2, -0.15) is 0 Å². The maximum Gasteiger partial charge on any atom is 0.242 e. The van der Waals surface area contributed by atoms with Crippen LogP contribution < -0.4 is 11.1 Å². The Morgan fingerprint density at radius 2 is 2.18 bits per heavy atom. The Kier molecular flexibility index (Phi) is 5.11. The first-order valence-electron chi connectivity index (χ1n) is 5.20. The van der Waals surface area contributed by atoms with Gasteiger partial charge < -0.3 is 11.1 Å². The van der Waals surface area contributed by atoms with Crippen LogP contribution in [0.1, 0.15) is 20.3 Å². The molecule has 0 spiro atoms. The summed E-state index contributed by atoms with van der Waals surface area (Å²) in [5.74, 6) is 0.0201. The number of anilines is 1. The molecule has 0 fully saturated rings. The van der Waals surface area contributed by atoms with Gasteiger partial charge in [-0.3, -0.25) is 4.79 Å². The van der Waals surface area contributed by atoms with Crippen LogP contribution in [0.25, 0.3) is 0 Å². The second-order valence-electron chi connectivity index (χ2n) is 3.75. The molecule has 0 aromatic carbocycles. The highest BCUT2D eigenvalue weighted by molar-refractivity contribution is 6.32. The number of nitrogens with one attached hydrogen (secondary N) is 1. The number of halogens is 2. The van der Waals surface area contributed by atoms with Crippen LogP contribution in [-0.4, -0.2) is 21.9 Å². The van der Waals surface area contributed by atoms with Crippen molar-refractivity contribution in [3.8, 4) is 0 Å². The number of nitrogens with zero attached hydrogens (tertiary/aromatic N) is 2. The zero-order valence-electron chi connectivity index (χ0n) is 9.58. The minimum Gasteiger partial charge on any atom is -0.320 e. The second kappa shape index (κ2) is 6.14. The van der Waals surface area contributed by atoms with E-state index < -0.39 is 6.04 Å². The van der Waals surface area contributed by atoms with Crippen molar-refractivity contribution in [2.75, 3.05) is 5.32 Å². The lowest BCUT2D eigenvalue weighted by Gasteiger charge is -2.17. The van der Waals surface area contributed by atoms with Gasteiger partial charge in [-0.1, -0.05) is 31.9 Å². The first-order valence-corrected chi connectivity index (χ1v) is 5.96. The number of hydrogen-bond donors (Lipinski definition) is 2. The maximum atomic E-state index is 11.8. The monoisotopic (exact) mass is 276 g/mol. The Labute approximate surface area is 110 Å². The zero-order chi connectivity index (χ0) is 13.0. The van der Waals surface area contributed by atoms with Gasteiger partial charge in [0.05, 0.1) is 6.04 Å². The van der Waals surface area contributed by atoms with Crippen LogP contribution in [0.5, 0.6) is 0 Å². The minimum atomic E-state index is -0.590. The molecule has 1 aromatic heterocycles. The van der Waals surface area contributed by atoms with Gasteiger partial charge in [0.1, 0.15) is 11.0 Å². The smallest absolute Gasteiger partial charge is 0.242 e. The molecule has 0 saturated carbocycles. The molecule has 1 heterocycles. The fourth-order valence-corrected chi connectivity index (χ4v) is 1.58. The molecule has 0 aliphatic heterocycles. The van der Waals surface area contributed by atoms with Gasteiger partial charge in [-0.05, 0) is 17.5 Å². The Bertz CT molecular complexity index is 393. The van der Waals surface area contributed by atoms with Crippen molar-refractivity contribution >= 4 is 34.9 Å². The van der Waals surface area contributed by atoms with Crippen molar-refractivity contribution in [2.45, 2.75) is 26.3 Å². The molecule has 1 aromatic rings. The van der Waals surface area contributed by atoms with E-state index in [1.165, 1.54) is 6.07 Å². The molecular weight excluding hydrogens is 263 g/mol. The van der Waals surface area contributed by atoms with Crippen LogP contribution >= 0.6 is 23.2 Å². The summed E-state index contributed by atoms with van der Waals surface area (Å²) in [4.78, 5) is 19.3. The van der Waals surface area contributed by atoms with Crippen LogP contribution in [0.4, 0.5) is 5.82 Å². The number of carbonyl (C=O) groups is 1. The van der Waals surface area contributed by atoms with E-state index in [0.29, 0.717) is 0 Å². The molecule has 17 heavy (non-hydrogen) atoms. The number of nitrogens with two attached hydrogens (primary N) is 1. The Hall–Kier alpha value is -0.910. The lowest BCUT2D eigenvalue weighted by Crippen LogP contribution is -2.40. The van der Waals surface area contributed by atoms with Crippen molar-refractivity contribution in [2.24, 2.45) is 11.7 Å². The van der Waals surface area contributed by atoms with Crippen molar-refractivity contribution in [3.05, 3.63) is 16.5 Å². The van der Waals surface area contributed by atoms with E-state index in [1.807, 2.05) is 13.8 Å². The average Bonchev–Trinajstić information content (AvgIpc) is 2.25. The third kappa shape index (κ3) is 4.11. The number of aromatic nitrogens is 2. The highest BCUT2D eigenvalue weighted by Crippen LogP contribution is 2.15. The molecule has 7 heteroatoms. The molecule has 0 radical (unpaired) electrons. The van der Waals surface area contributed by atoms with Gasteiger partial charge in [-0.25, -0.2) is 9.97 Å². The van der Waals surface area contributed by atoms with Gasteiger partial charge in [0.15, 0.2) is 0 Å². The zero-order valence-corrected chi connectivity index (χ0v) is 11.1. The third-order valence-corrected chi connectivity index (χ3v) is 2.84. The Morgan fingerprint density at radius 3 is 2.71 bits per heavy atom. The summed E-state index contributed by atoms with van der Waals surface area (Å²) < 4.78 is 0. The summed E-state index contributed by atoms with van der Waals surface area (Å²) in [5.41, 5.74) is 5.77. The number of hydrogen-bond acceptors (Lipinski definition) is 4. The average molecular weight is 277 g/mol. The maximum absolute atomic E-state index is 11.8. The predicted molar refractivity (Wildman–Crippen MR) is 68.1 cm³/mol. The molecule has 5 nitrogen and oxygen atoms in total. The van der Waals surface area contributed by atoms with E-state index in [1.54, 1.807) is 0 Å². The summed E-state index contributed by atoms with van der Waals surface area (Å²) in [6, 6.07) is 0.821. The van der Waals surface area contributed by atoms with Crippen LogP contribution in [0.3, 0.4) is 0 Å². The van der Waals surface area contributed by atoms with Gasteiger partial charge in [0.2, 0.25) is 11.2 Å². The first kappa shape index (κ1) is 14.2. The molecule has 0 aliphatic carbocycles. The summed E-state index contributed by atoms with van der Waals surface area (Å²) in [7, 11) is 0. The largest absolute Gasteiger partial charge is 0.320 e. The van der Waals surface area contributed by atoms with Gasteiger partial charge in [0, 0.05) is 6.07 Å². The van der Waals surface area contributed by atoms with Gasteiger partial charge in [0.25, 0.3) is 0 Å². The van der Waals surface area contributed by atoms with E-state index >= 15 is 0 Å². The van der Waals surface area contributed by atoms with Crippen molar-refractivity contribution in [3.63, 3.8) is 0 Å². The predicted octanol–water partition coefficient (Wildman–Crippen LogP) is 2.10. The molecule has 3 N–H and O–H groups in total. The Balaban J connectivity index is 2.74. The number of rotatable bonds is 4. The van der Waals surface area contributed by atoms with Gasteiger partial charge in [-0.15, -0.1) is 0 Å². The van der Waals surface area contributed by atoms with Crippen molar-refractivity contribution in [1.29, 1.82) is 0 Å². The molecule has 1 rings (SSSR count). The molecule has 0 unspecified atom stereocenters. The molecule has 0 aliphatic rings. The summed E-state index contributed by atoms with van der Waals surface area (Å²) in [6.45, 7) is 3.88. The number of carbonyl (C=O) groups excluding carboxylic acids is 1. The van der Waals surface area contributed by atoms with E-state index in [9.17, 15) is 4.79 Å². The molecule has 0 saturated heterocycles.